The minimum absolute atomic E-state index is 0.309. The molecule has 0 fully saturated rings. The molecule has 0 saturated carbocycles. The number of nitriles is 1. The lowest BCUT2D eigenvalue weighted by molar-refractivity contribution is 1.33. The van der Waals surface area contributed by atoms with Crippen LogP contribution < -0.4 is 5.73 Å². The Labute approximate surface area is 81.8 Å². The van der Waals surface area contributed by atoms with Crippen LogP contribution in [0.5, 0.6) is 0 Å². The number of aryl methyl sites for hydroxylation is 1. The predicted octanol–water partition coefficient (Wildman–Crippen LogP) is 2.00. The number of hydrogen-bond acceptors (Lipinski definition) is 3. The maximum absolute atomic E-state index is 8.89. The van der Waals surface area contributed by atoms with E-state index in [4.69, 9.17) is 11.0 Å². The minimum Gasteiger partial charge on any atom is -0.383 e. The predicted molar refractivity (Wildman–Crippen MR) is 55.6 cm³/mol. The first kappa shape index (κ1) is 8.52. The highest BCUT2D eigenvalue weighted by Crippen LogP contribution is 2.22. The van der Waals surface area contributed by atoms with Gasteiger partial charge in [-0.1, -0.05) is 18.2 Å². The van der Waals surface area contributed by atoms with Crippen molar-refractivity contribution in [3.63, 3.8) is 0 Å². The van der Waals surface area contributed by atoms with Crippen molar-refractivity contribution < 1.29 is 0 Å². The van der Waals surface area contributed by atoms with Crippen LogP contribution in [0.3, 0.4) is 0 Å². The summed E-state index contributed by atoms with van der Waals surface area (Å²) in [6, 6.07) is 9.73. The van der Waals surface area contributed by atoms with Gasteiger partial charge >= 0.3 is 0 Å². The van der Waals surface area contributed by atoms with E-state index in [1.165, 1.54) is 0 Å². The third-order valence-electron chi connectivity index (χ3n) is 2.29. The molecule has 0 aliphatic heterocycles. The maximum atomic E-state index is 8.89. The monoisotopic (exact) mass is 183 g/mol. The Balaban J connectivity index is 2.95. The molecule has 1 heterocycles. The zero-order chi connectivity index (χ0) is 10.1. The molecule has 2 N–H and O–H groups in total. The quantitative estimate of drug-likeness (QED) is 0.679. The number of anilines is 1. The molecule has 68 valence electrons. The van der Waals surface area contributed by atoms with Gasteiger partial charge in [0.2, 0.25) is 0 Å². The van der Waals surface area contributed by atoms with Gasteiger partial charge in [-0.25, -0.2) is 4.98 Å². The Morgan fingerprint density at radius 3 is 2.79 bits per heavy atom. The van der Waals surface area contributed by atoms with Gasteiger partial charge in [-0.05, 0) is 18.6 Å². The molecule has 0 atom stereocenters. The highest BCUT2D eigenvalue weighted by atomic mass is 14.8. The van der Waals surface area contributed by atoms with E-state index >= 15 is 0 Å². The van der Waals surface area contributed by atoms with Gasteiger partial charge in [0.25, 0.3) is 0 Å². The summed E-state index contributed by atoms with van der Waals surface area (Å²) in [5, 5.41) is 9.87. The standard InChI is InChI=1S/C11H9N3/c1-7-8-4-2-3-5-10(8)14-11(13)9(7)6-12/h2-5H,1H3,(H2,13,14). The van der Waals surface area contributed by atoms with Gasteiger partial charge in [0.1, 0.15) is 11.9 Å². The molecule has 2 rings (SSSR count). The minimum atomic E-state index is 0.309. The van der Waals surface area contributed by atoms with E-state index in [0.717, 1.165) is 16.5 Å². The van der Waals surface area contributed by atoms with E-state index in [1.54, 1.807) is 0 Å². The van der Waals surface area contributed by atoms with Crippen molar-refractivity contribution in [2.45, 2.75) is 6.92 Å². The van der Waals surface area contributed by atoms with Crippen molar-refractivity contribution in [1.82, 2.24) is 4.98 Å². The van der Waals surface area contributed by atoms with Gasteiger partial charge in [-0.15, -0.1) is 0 Å². The summed E-state index contributed by atoms with van der Waals surface area (Å²) in [5.74, 6) is 0.309. The lowest BCUT2D eigenvalue weighted by Crippen LogP contribution is -1.98. The lowest BCUT2D eigenvalue weighted by atomic mass is 10.1. The van der Waals surface area contributed by atoms with E-state index in [1.807, 2.05) is 31.2 Å². The van der Waals surface area contributed by atoms with E-state index < -0.39 is 0 Å². The molecule has 3 heteroatoms. The summed E-state index contributed by atoms with van der Waals surface area (Å²) in [5.41, 5.74) is 7.87. The largest absolute Gasteiger partial charge is 0.383 e. The molecule has 1 aromatic heterocycles. The summed E-state index contributed by atoms with van der Waals surface area (Å²) in [6.07, 6.45) is 0. The Bertz CT molecular complexity index is 538. The fraction of sp³-hybridized carbons (Fsp3) is 0.0909. The second-order valence-electron chi connectivity index (χ2n) is 3.13. The summed E-state index contributed by atoms with van der Waals surface area (Å²) in [7, 11) is 0. The van der Waals surface area contributed by atoms with Crippen molar-refractivity contribution >= 4 is 16.7 Å². The number of hydrogen-bond donors (Lipinski definition) is 1. The molecule has 0 aliphatic carbocycles. The number of para-hydroxylation sites is 1. The van der Waals surface area contributed by atoms with Crippen LogP contribution in [0.1, 0.15) is 11.1 Å². The number of rotatable bonds is 0. The third kappa shape index (κ3) is 1.09. The topological polar surface area (TPSA) is 62.7 Å². The average Bonchev–Trinajstić information content (AvgIpc) is 2.18. The van der Waals surface area contributed by atoms with Crippen LogP contribution in [0.2, 0.25) is 0 Å². The van der Waals surface area contributed by atoms with E-state index in [0.29, 0.717) is 11.4 Å². The second-order valence-corrected chi connectivity index (χ2v) is 3.13. The van der Waals surface area contributed by atoms with E-state index in [2.05, 4.69) is 11.1 Å². The molecule has 0 saturated heterocycles. The third-order valence-corrected chi connectivity index (χ3v) is 2.29. The SMILES string of the molecule is Cc1c(C#N)c(N)nc2ccccc12. The Morgan fingerprint density at radius 2 is 2.07 bits per heavy atom. The van der Waals surface area contributed by atoms with Crippen LogP contribution in [-0.2, 0) is 0 Å². The summed E-state index contributed by atoms with van der Waals surface area (Å²) >= 11 is 0. The van der Waals surface area contributed by atoms with E-state index in [9.17, 15) is 0 Å². The molecular formula is C11H9N3. The lowest BCUT2D eigenvalue weighted by Gasteiger charge is -2.05. The van der Waals surface area contributed by atoms with Crippen LogP contribution in [0, 0.1) is 18.3 Å². The number of pyridine rings is 1. The van der Waals surface area contributed by atoms with Crippen LogP contribution in [0.15, 0.2) is 24.3 Å². The molecule has 2 aromatic rings. The molecule has 0 radical (unpaired) electrons. The molecule has 0 amide bonds. The number of nitrogens with zero attached hydrogens (tertiary/aromatic N) is 2. The summed E-state index contributed by atoms with van der Waals surface area (Å²) in [6.45, 7) is 1.89. The Kier molecular flexibility index (Phi) is 1.83. The zero-order valence-electron chi connectivity index (χ0n) is 7.78. The molecule has 0 bridgehead atoms. The van der Waals surface area contributed by atoms with Gasteiger partial charge in [0, 0.05) is 5.39 Å². The summed E-state index contributed by atoms with van der Waals surface area (Å²) < 4.78 is 0. The molecule has 14 heavy (non-hydrogen) atoms. The first-order chi connectivity index (χ1) is 6.74. The van der Waals surface area contributed by atoms with Gasteiger partial charge in [-0.3, -0.25) is 0 Å². The Morgan fingerprint density at radius 1 is 1.36 bits per heavy atom. The normalized spacial score (nSPS) is 10.0. The fourth-order valence-corrected chi connectivity index (χ4v) is 1.54. The molecule has 1 aromatic carbocycles. The first-order valence-electron chi connectivity index (χ1n) is 4.29. The molecule has 0 spiro atoms. The maximum Gasteiger partial charge on any atom is 0.142 e. The van der Waals surface area contributed by atoms with Gasteiger partial charge in [-0.2, -0.15) is 5.26 Å². The second kappa shape index (κ2) is 3.00. The van der Waals surface area contributed by atoms with Gasteiger partial charge in [0.05, 0.1) is 11.1 Å². The van der Waals surface area contributed by atoms with Crippen molar-refractivity contribution in [2.75, 3.05) is 5.73 Å². The van der Waals surface area contributed by atoms with Crippen molar-refractivity contribution in [3.8, 4) is 6.07 Å². The van der Waals surface area contributed by atoms with E-state index in [-0.39, 0.29) is 0 Å². The summed E-state index contributed by atoms with van der Waals surface area (Å²) in [4.78, 5) is 4.16. The molecule has 0 unspecified atom stereocenters. The smallest absolute Gasteiger partial charge is 0.142 e. The number of benzene rings is 1. The first-order valence-corrected chi connectivity index (χ1v) is 4.29. The van der Waals surface area contributed by atoms with Crippen molar-refractivity contribution in [2.24, 2.45) is 0 Å². The molecular weight excluding hydrogens is 174 g/mol. The number of nitrogens with two attached hydrogens (primary N) is 1. The van der Waals surface area contributed by atoms with Crippen LogP contribution in [0.25, 0.3) is 10.9 Å². The van der Waals surface area contributed by atoms with Crippen LogP contribution in [0.4, 0.5) is 5.82 Å². The molecule has 0 aliphatic rings. The van der Waals surface area contributed by atoms with Crippen LogP contribution >= 0.6 is 0 Å². The highest BCUT2D eigenvalue weighted by Gasteiger charge is 2.07. The highest BCUT2D eigenvalue weighted by molar-refractivity contribution is 5.86. The van der Waals surface area contributed by atoms with Crippen molar-refractivity contribution in [1.29, 1.82) is 5.26 Å². The fourth-order valence-electron chi connectivity index (χ4n) is 1.54. The molecule has 3 nitrogen and oxygen atoms in total. The average molecular weight is 183 g/mol. The zero-order valence-corrected chi connectivity index (χ0v) is 7.78. The van der Waals surface area contributed by atoms with Crippen LogP contribution in [-0.4, -0.2) is 4.98 Å². The number of fused-ring (bicyclic) bond motifs is 1. The van der Waals surface area contributed by atoms with Gasteiger partial charge in [0.15, 0.2) is 0 Å². The van der Waals surface area contributed by atoms with Crippen molar-refractivity contribution in [3.05, 3.63) is 35.4 Å². The number of nitrogen functional groups attached to an aromatic ring is 1. The van der Waals surface area contributed by atoms with Gasteiger partial charge < -0.3 is 5.73 Å². The Hall–Kier alpha value is -2.08. The number of aromatic nitrogens is 1.